The number of hydrogen-bond acceptors (Lipinski definition) is 5. The lowest BCUT2D eigenvalue weighted by Gasteiger charge is -2.20. The SMILES string of the molecule is COc1cc2nc(C(C)(C)C)n(Cc3ccccc3)c2cc1NC(=S)SCCC(=O)O. The summed E-state index contributed by atoms with van der Waals surface area (Å²) in [6.45, 7) is 7.16. The van der Waals surface area contributed by atoms with Crippen LogP contribution in [0.5, 0.6) is 5.75 Å². The van der Waals surface area contributed by atoms with E-state index in [1.165, 1.54) is 17.3 Å². The highest BCUT2D eigenvalue weighted by molar-refractivity contribution is 8.23. The molecule has 0 amide bonds. The molecule has 0 aliphatic carbocycles. The number of carbonyl (C=O) groups is 1. The molecule has 0 spiro atoms. The molecule has 0 aliphatic heterocycles. The first-order chi connectivity index (χ1) is 14.7. The van der Waals surface area contributed by atoms with Crippen LogP contribution in [-0.2, 0) is 16.8 Å². The van der Waals surface area contributed by atoms with Gasteiger partial charge in [-0.25, -0.2) is 4.98 Å². The van der Waals surface area contributed by atoms with E-state index in [4.69, 9.17) is 27.0 Å². The van der Waals surface area contributed by atoms with Crippen LogP contribution in [0.4, 0.5) is 5.69 Å². The summed E-state index contributed by atoms with van der Waals surface area (Å²) < 4.78 is 8.31. The molecule has 2 N–H and O–H groups in total. The number of benzene rings is 2. The maximum atomic E-state index is 10.8. The van der Waals surface area contributed by atoms with Gasteiger partial charge in [-0.3, -0.25) is 4.79 Å². The quantitative estimate of drug-likeness (QED) is 0.467. The summed E-state index contributed by atoms with van der Waals surface area (Å²) in [5.74, 6) is 1.20. The maximum absolute atomic E-state index is 10.8. The van der Waals surface area contributed by atoms with Crippen molar-refractivity contribution in [3.8, 4) is 5.75 Å². The smallest absolute Gasteiger partial charge is 0.304 e. The summed E-state index contributed by atoms with van der Waals surface area (Å²) in [7, 11) is 1.61. The van der Waals surface area contributed by atoms with E-state index in [1.54, 1.807) is 7.11 Å². The molecule has 1 heterocycles. The third-order valence-corrected chi connectivity index (χ3v) is 5.94. The van der Waals surface area contributed by atoms with E-state index in [1.807, 2.05) is 30.3 Å². The highest BCUT2D eigenvalue weighted by atomic mass is 32.2. The van der Waals surface area contributed by atoms with Crippen molar-refractivity contribution < 1.29 is 14.6 Å². The highest BCUT2D eigenvalue weighted by Gasteiger charge is 2.24. The zero-order valence-electron chi connectivity index (χ0n) is 18.1. The van der Waals surface area contributed by atoms with Crippen LogP contribution < -0.4 is 10.1 Å². The van der Waals surface area contributed by atoms with E-state index in [9.17, 15) is 4.79 Å². The van der Waals surface area contributed by atoms with Crippen molar-refractivity contribution in [1.82, 2.24) is 9.55 Å². The number of hydrogen-bond donors (Lipinski definition) is 2. The van der Waals surface area contributed by atoms with Crippen LogP contribution in [0.2, 0.25) is 0 Å². The Kier molecular flexibility index (Phi) is 7.23. The summed E-state index contributed by atoms with van der Waals surface area (Å²) in [6.07, 6.45) is 0.0570. The van der Waals surface area contributed by atoms with Crippen molar-refractivity contribution in [2.24, 2.45) is 0 Å². The van der Waals surface area contributed by atoms with Crippen LogP contribution in [0.3, 0.4) is 0 Å². The van der Waals surface area contributed by atoms with Gasteiger partial charge in [0.1, 0.15) is 15.9 Å². The Balaban J connectivity index is 2.01. The number of carboxylic acid groups (broad SMARTS) is 1. The highest BCUT2D eigenvalue weighted by Crippen LogP contribution is 2.34. The second-order valence-electron chi connectivity index (χ2n) is 8.20. The fraction of sp³-hybridized carbons (Fsp3) is 0.348. The number of methoxy groups -OCH3 is 1. The molecule has 0 atom stereocenters. The van der Waals surface area contributed by atoms with Crippen LogP contribution in [0.1, 0.15) is 38.6 Å². The van der Waals surface area contributed by atoms with Crippen LogP contribution in [0, 0.1) is 0 Å². The van der Waals surface area contributed by atoms with Crippen molar-refractivity contribution in [3.05, 3.63) is 53.9 Å². The Bertz CT molecular complexity index is 1090. The lowest BCUT2D eigenvalue weighted by molar-refractivity contribution is -0.136. The predicted molar refractivity (Wildman–Crippen MR) is 131 cm³/mol. The number of fused-ring (bicyclic) bond motifs is 1. The molecule has 0 saturated heterocycles. The molecule has 0 radical (unpaired) electrons. The molecule has 3 rings (SSSR count). The number of thioether (sulfide) groups is 1. The van der Waals surface area contributed by atoms with Crippen molar-refractivity contribution >= 4 is 51.0 Å². The minimum Gasteiger partial charge on any atom is -0.494 e. The van der Waals surface area contributed by atoms with Gasteiger partial charge in [-0.05, 0) is 11.6 Å². The van der Waals surface area contributed by atoms with Crippen LogP contribution >= 0.6 is 24.0 Å². The fourth-order valence-corrected chi connectivity index (χ4v) is 4.30. The number of thiocarbonyl (C=S) groups is 1. The average Bonchev–Trinajstić information content (AvgIpc) is 3.05. The van der Waals surface area contributed by atoms with E-state index in [-0.39, 0.29) is 11.8 Å². The number of nitrogens with zero attached hydrogens (tertiary/aromatic N) is 2. The summed E-state index contributed by atoms with van der Waals surface area (Å²) in [6, 6.07) is 14.2. The molecule has 0 unspecified atom stereocenters. The monoisotopic (exact) mass is 457 g/mol. The standard InChI is InChI=1S/C23H27N3O3S2/c1-23(2,3)21-24-16-13-19(29-4)17(25-22(30)31-11-10-20(27)28)12-18(16)26(21)14-15-8-6-5-7-9-15/h5-9,12-13H,10-11,14H2,1-4H3,(H,25,30)(H,27,28). The van der Waals surface area contributed by atoms with Crippen LogP contribution in [-0.4, -0.2) is 37.8 Å². The maximum Gasteiger partial charge on any atom is 0.304 e. The number of aliphatic carboxylic acids is 1. The first-order valence-electron chi connectivity index (χ1n) is 9.97. The van der Waals surface area contributed by atoms with E-state index in [0.717, 1.165) is 22.5 Å². The zero-order valence-corrected chi connectivity index (χ0v) is 19.8. The Hall–Kier alpha value is -2.58. The van der Waals surface area contributed by atoms with E-state index in [0.29, 0.717) is 22.4 Å². The van der Waals surface area contributed by atoms with Crippen LogP contribution in [0.25, 0.3) is 11.0 Å². The molecular formula is C23H27N3O3S2. The molecular weight excluding hydrogens is 430 g/mol. The van der Waals surface area contributed by atoms with Gasteiger partial charge >= 0.3 is 5.97 Å². The van der Waals surface area contributed by atoms with Crippen molar-refractivity contribution in [1.29, 1.82) is 0 Å². The number of aromatic nitrogens is 2. The van der Waals surface area contributed by atoms with Gasteiger partial charge in [0.15, 0.2) is 0 Å². The third kappa shape index (κ3) is 5.77. The molecule has 0 fully saturated rings. The lowest BCUT2D eigenvalue weighted by Crippen LogP contribution is -2.19. The minimum absolute atomic E-state index is 0.0570. The molecule has 3 aromatic rings. The molecule has 164 valence electrons. The van der Waals surface area contributed by atoms with Gasteiger partial charge in [0.05, 0.1) is 30.3 Å². The van der Waals surface area contributed by atoms with Crippen LogP contribution in [0.15, 0.2) is 42.5 Å². The van der Waals surface area contributed by atoms with E-state index >= 15 is 0 Å². The number of ether oxygens (including phenoxy) is 1. The molecule has 1 aromatic heterocycles. The second kappa shape index (κ2) is 9.70. The number of imidazole rings is 1. The van der Waals surface area contributed by atoms with Crippen molar-refractivity contribution in [2.45, 2.75) is 39.2 Å². The van der Waals surface area contributed by atoms with E-state index in [2.05, 4.69) is 42.8 Å². The van der Waals surface area contributed by atoms with Crippen molar-refractivity contribution in [3.63, 3.8) is 0 Å². The van der Waals surface area contributed by atoms with Crippen molar-refractivity contribution in [2.75, 3.05) is 18.2 Å². The normalized spacial score (nSPS) is 11.5. The lowest BCUT2D eigenvalue weighted by atomic mass is 9.95. The molecule has 0 bridgehead atoms. The number of nitrogens with one attached hydrogen (secondary N) is 1. The topological polar surface area (TPSA) is 76.4 Å². The van der Waals surface area contributed by atoms with Gasteiger partial charge in [-0.15, -0.1) is 0 Å². The summed E-state index contributed by atoms with van der Waals surface area (Å²) in [5.41, 5.74) is 3.62. The first-order valence-corrected chi connectivity index (χ1v) is 11.4. The first kappa shape index (κ1) is 23.1. The van der Waals surface area contributed by atoms with Gasteiger partial charge in [0, 0.05) is 23.8 Å². The average molecular weight is 458 g/mol. The third-order valence-electron chi connectivity index (χ3n) is 4.71. The summed E-state index contributed by atoms with van der Waals surface area (Å²) in [5, 5.41) is 12.0. The van der Waals surface area contributed by atoms with Gasteiger partial charge < -0.3 is 19.7 Å². The second-order valence-corrected chi connectivity index (χ2v) is 9.97. The summed E-state index contributed by atoms with van der Waals surface area (Å²) >= 11 is 6.70. The number of anilines is 1. The Labute approximate surface area is 192 Å². The Morgan fingerprint density at radius 1 is 1.26 bits per heavy atom. The Morgan fingerprint density at radius 3 is 2.58 bits per heavy atom. The van der Waals surface area contributed by atoms with Gasteiger partial charge in [0.25, 0.3) is 0 Å². The van der Waals surface area contributed by atoms with Gasteiger partial charge in [-0.1, -0.05) is 75.1 Å². The van der Waals surface area contributed by atoms with Gasteiger partial charge in [0.2, 0.25) is 0 Å². The van der Waals surface area contributed by atoms with Gasteiger partial charge in [-0.2, -0.15) is 0 Å². The molecule has 2 aromatic carbocycles. The molecule has 31 heavy (non-hydrogen) atoms. The summed E-state index contributed by atoms with van der Waals surface area (Å²) in [4.78, 5) is 15.7. The molecule has 6 nitrogen and oxygen atoms in total. The molecule has 8 heteroatoms. The number of carboxylic acids is 1. The number of rotatable bonds is 7. The largest absolute Gasteiger partial charge is 0.494 e. The zero-order chi connectivity index (χ0) is 22.6. The predicted octanol–water partition coefficient (Wildman–Crippen LogP) is 5.30. The Morgan fingerprint density at radius 2 is 1.97 bits per heavy atom. The molecule has 0 saturated carbocycles. The van der Waals surface area contributed by atoms with E-state index < -0.39 is 5.97 Å². The minimum atomic E-state index is -0.839. The fourth-order valence-electron chi connectivity index (χ4n) is 3.29. The molecule has 0 aliphatic rings.